The molecule has 0 radical (unpaired) electrons. The normalized spacial score (nSPS) is 11.0. The zero-order valence-electron chi connectivity index (χ0n) is 13.6. The summed E-state index contributed by atoms with van der Waals surface area (Å²) in [5.74, 6) is 1.55. The highest BCUT2D eigenvalue weighted by Crippen LogP contribution is 2.35. The van der Waals surface area contributed by atoms with E-state index in [1.54, 1.807) is 17.5 Å². The fourth-order valence-corrected chi connectivity index (χ4v) is 2.89. The number of hydrogen-bond acceptors (Lipinski definition) is 8. The van der Waals surface area contributed by atoms with Crippen LogP contribution in [0.15, 0.2) is 24.7 Å². The van der Waals surface area contributed by atoms with Gasteiger partial charge in [0, 0.05) is 28.9 Å². The van der Waals surface area contributed by atoms with Gasteiger partial charge in [-0.25, -0.2) is 9.97 Å². The van der Waals surface area contributed by atoms with E-state index in [2.05, 4.69) is 33.8 Å². The van der Waals surface area contributed by atoms with Crippen LogP contribution in [0.5, 0.6) is 11.5 Å². The smallest absolute Gasteiger partial charge is 0.222 e. The van der Waals surface area contributed by atoms with Crippen LogP contribution in [-0.2, 0) is 0 Å². The zero-order chi connectivity index (χ0) is 17.3. The minimum Gasteiger partial charge on any atom is -0.451 e. The van der Waals surface area contributed by atoms with Gasteiger partial charge in [-0.15, -0.1) is 11.3 Å². The molecule has 0 aliphatic rings. The Balaban J connectivity index is 2.03. The molecule has 0 saturated carbocycles. The molecule has 0 atom stereocenters. The van der Waals surface area contributed by atoms with Gasteiger partial charge in [0.1, 0.15) is 16.5 Å². The lowest BCUT2D eigenvalue weighted by molar-refractivity contribution is 0.470. The van der Waals surface area contributed by atoms with E-state index < -0.39 is 0 Å². The molecule has 0 aromatic carbocycles. The molecule has 3 heterocycles. The summed E-state index contributed by atoms with van der Waals surface area (Å²) in [6, 6.07) is 1.86. The van der Waals surface area contributed by atoms with Gasteiger partial charge < -0.3 is 16.2 Å². The number of aryl methyl sites for hydroxylation is 1. The fourth-order valence-electron chi connectivity index (χ4n) is 2.15. The number of hydrogen-bond donors (Lipinski definition) is 2. The Morgan fingerprint density at radius 3 is 2.46 bits per heavy atom. The lowest BCUT2D eigenvalue weighted by atomic mass is 10.0. The largest absolute Gasteiger partial charge is 0.451 e. The average Bonchev–Trinajstić information content (AvgIpc) is 2.96. The van der Waals surface area contributed by atoms with Crippen molar-refractivity contribution in [1.82, 2.24) is 19.9 Å². The van der Waals surface area contributed by atoms with Crippen molar-refractivity contribution in [2.45, 2.75) is 26.7 Å². The topological polar surface area (TPSA) is 113 Å². The number of nitrogens with zero attached hydrogens (tertiary/aromatic N) is 4. The number of pyridine rings is 1. The van der Waals surface area contributed by atoms with Crippen LogP contribution < -0.4 is 16.2 Å². The predicted molar refractivity (Wildman–Crippen MR) is 95.1 cm³/mol. The summed E-state index contributed by atoms with van der Waals surface area (Å²) in [6.07, 6.45) is 5.10. The third-order valence-corrected chi connectivity index (χ3v) is 4.31. The first-order valence-electron chi connectivity index (χ1n) is 7.42. The summed E-state index contributed by atoms with van der Waals surface area (Å²) in [5, 5.41) is 0.842. The lowest BCUT2D eigenvalue weighted by Gasteiger charge is -2.15. The average molecular weight is 342 g/mol. The number of nitrogens with two attached hydrogens (primary N) is 2. The molecule has 124 valence electrons. The molecule has 0 unspecified atom stereocenters. The van der Waals surface area contributed by atoms with Gasteiger partial charge in [0.15, 0.2) is 11.6 Å². The Morgan fingerprint density at radius 2 is 1.83 bits per heavy atom. The number of nitrogen functional groups attached to an aromatic ring is 2. The number of thiazole rings is 1. The van der Waals surface area contributed by atoms with Gasteiger partial charge in [-0.05, 0) is 12.8 Å². The van der Waals surface area contributed by atoms with Crippen LogP contribution in [0, 0.1) is 6.92 Å². The molecular weight excluding hydrogens is 324 g/mol. The summed E-state index contributed by atoms with van der Waals surface area (Å²) < 4.78 is 5.96. The van der Waals surface area contributed by atoms with Crippen molar-refractivity contribution >= 4 is 23.1 Å². The van der Waals surface area contributed by atoms with Crippen molar-refractivity contribution in [3.63, 3.8) is 0 Å². The molecule has 24 heavy (non-hydrogen) atoms. The van der Waals surface area contributed by atoms with E-state index in [1.807, 2.05) is 19.2 Å². The molecule has 3 rings (SSSR count). The predicted octanol–water partition coefficient (Wildman–Crippen LogP) is 3.38. The van der Waals surface area contributed by atoms with E-state index in [4.69, 9.17) is 16.2 Å². The van der Waals surface area contributed by atoms with Crippen molar-refractivity contribution in [3.05, 3.63) is 35.1 Å². The maximum Gasteiger partial charge on any atom is 0.222 e. The molecule has 7 nitrogen and oxygen atoms in total. The Bertz CT molecular complexity index is 877. The maximum absolute atomic E-state index is 5.96. The molecular formula is C16H18N6OS. The minimum absolute atomic E-state index is 0.109. The maximum atomic E-state index is 5.96. The van der Waals surface area contributed by atoms with Crippen molar-refractivity contribution in [2.75, 3.05) is 11.5 Å². The first kappa shape index (κ1) is 16.1. The zero-order valence-corrected chi connectivity index (χ0v) is 14.5. The van der Waals surface area contributed by atoms with Crippen LogP contribution in [0.1, 0.15) is 30.2 Å². The third-order valence-electron chi connectivity index (χ3n) is 3.38. The van der Waals surface area contributed by atoms with Crippen LogP contribution in [0.4, 0.5) is 11.8 Å². The monoisotopic (exact) mass is 342 g/mol. The molecule has 0 aliphatic heterocycles. The van der Waals surface area contributed by atoms with Gasteiger partial charge in [0.05, 0.1) is 6.20 Å². The highest BCUT2D eigenvalue weighted by molar-refractivity contribution is 7.14. The van der Waals surface area contributed by atoms with Crippen molar-refractivity contribution in [1.29, 1.82) is 0 Å². The van der Waals surface area contributed by atoms with E-state index in [1.165, 1.54) is 6.20 Å². The molecule has 4 N–H and O–H groups in total. The fraction of sp³-hybridized carbons (Fsp3) is 0.250. The first-order chi connectivity index (χ1) is 11.4. The van der Waals surface area contributed by atoms with Crippen LogP contribution in [0.2, 0.25) is 0 Å². The van der Waals surface area contributed by atoms with Gasteiger partial charge in [-0.2, -0.15) is 4.98 Å². The number of rotatable bonds is 4. The summed E-state index contributed by atoms with van der Waals surface area (Å²) in [7, 11) is 0. The minimum atomic E-state index is 0.109. The third kappa shape index (κ3) is 3.28. The van der Waals surface area contributed by atoms with E-state index in [-0.39, 0.29) is 17.7 Å². The van der Waals surface area contributed by atoms with Gasteiger partial charge in [-0.1, -0.05) is 13.8 Å². The van der Waals surface area contributed by atoms with E-state index in [0.29, 0.717) is 11.5 Å². The first-order valence-corrected chi connectivity index (χ1v) is 8.24. The van der Waals surface area contributed by atoms with Gasteiger partial charge in [0.2, 0.25) is 5.95 Å². The van der Waals surface area contributed by atoms with E-state index >= 15 is 0 Å². The Morgan fingerprint density at radius 1 is 1.04 bits per heavy atom. The molecule has 0 spiro atoms. The van der Waals surface area contributed by atoms with E-state index in [0.717, 1.165) is 21.1 Å². The molecule has 3 aromatic heterocycles. The summed E-state index contributed by atoms with van der Waals surface area (Å²) >= 11 is 1.58. The SMILES string of the molecule is Cc1cnc(-c2cc(Oc3cnc(N)nc3N)c(C(C)C)cn2)s1. The molecule has 8 heteroatoms. The van der Waals surface area contributed by atoms with Crippen molar-refractivity contribution < 1.29 is 4.74 Å². The summed E-state index contributed by atoms with van der Waals surface area (Å²) in [6.45, 7) is 6.15. The standard InChI is InChI=1S/C16H18N6OS/c1-8(2)10-6-19-11(15-20-5-9(3)24-15)4-12(10)23-13-7-21-16(18)22-14(13)17/h4-8H,1-3H3,(H4,17,18,21,22). The second kappa shape index (κ2) is 6.40. The number of anilines is 2. The lowest BCUT2D eigenvalue weighted by Crippen LogP contribution is -2.03. The Hall–Kier alpha value is -2.74. The number of ether oxygens (including phenoxy) is 1. The van der Waals surface area contributed by atoms with Crippen LogP contribution >= 0.6 is 11.3 Å². The number of aromatic nitrogens is 4. The Labute approximate surface area is 143 Å². The quantitative estimate of drug-likeness (QED) is 0.747. The Kier molecular flexibility index (Phi) is 4.30. The highest BCUT2D eigenvalue weighted by atomic mass is 32.1. The molecule has 0 bridgehead atoms. The molecule has 0 aliphatic carbocycles. The van der Waals surface area contributed by atoms with Crippen LogP contribution in [-0.4, -0.2) is 19.9 Å². The van der Waals surface area contributed by atoms with Crippen LogP contribution in [0.3, 0.4) is 0 Å². The second-order valence-electron chi connectivity index (χ2n) is 5.62. The van der Waals surface area contributed by atoms with Crippen molar-refractivity contribution in [2.24, 2.45) is 0 Å². The van der Waals surface area contributed by atoms with Gasteiger partial charge in [-0.3, -0.25) is 4.98 Å². The molecule has 0 amide bonds. The van der Waals surface area contributed by atoms with Crippen molar-refractivity contribution in [3.8, 4) is 22.2 Å². The van der Waals surface area contributed by atoms with Gasteiger partial charge >= 0.3 is 0 Å². The molecule has 0 saturated heterocycles. The van der Waals surface area contributed by atoms with E-state index in [9.17, 15) is 0 Å². The summed E-state index contributed by atoms with van der Waals surface area (Å²) in [5.41, 5.74) is 13.1. The molecule has 3 aromatic rings. The highest BCUT2D eigenvalue weighted by Gasteiger charge is 2.15. The molecule has 0 fully saturated rings. The van der Waals surface area contributed by atoms with Crippen LogP contribution in [0.25, 0.3) is 10.7 Å². The van der Waals surface area contributed by atoms with Gasteiger partial charge in [0.25, 0.3) is 0 Å². The second-order valence-corrected chi connectivity index (χ2v) is 6.85. The summed E-state index contributed by atoms with van der Waals surface area (Å²) in [4.78, 5) is 17.9.